The van der Waals surface area contributed by atoms with Crippen molar-refractivity contribution in [1.82, 2.24) is 9.97 Å². The molecule has 0 amide bonds. The summed E-state index contributed by atoms with van der Waals surface area (Å²) in [4.78, 5) is 19.6. The summed E-state index contributed by atoms with van der Waals surface area (Å²) in [6.45, 7) is 4.02. The molecule has 0 aliphatic carbocycles. The van der Waals surface area contributed by atoms with Crippen molar-refractivity contribution in [3.05, 3.63) is 35.2 Å². The maximum Gasteiger partial charge on any atom is 0.356 e. The summed E-state index contributed by atoms with van der Waals surface area (Å²) in [5, 5.41) is 2.09. The van der Waals surface area contributed by atoms with Gasteiger partial charge in [0.25, 0.3) is 0 Å². The Morgan fingerprint density at radius 2 is 2.05 bits per heavy atom. The number of carbonyl (C=O) groups is 1. The van der Waals surface area contributed by atoms with E-state index in [0.29, 0.717) is 12.1 Å². The summed E-state index contributed by atoms with van der Waals surface area (Å²) in [5.41, 5.74) is 4.21. The minimum absolute atomic E-state index is 0.381. The zero-order valence-corrected chi connectivity index (χ0v) is 13.1. The number of aryl methyl sites for hydroxylation is 2. The molecule has 0 fully saturated rings. The minimum Gasteiger partial charge on any atom is -0.496 e. The molecule has 1 aromatic carbocycles. The monoisotopic (exact) mass is 298 g/mol. The van der Waals surface area contributed by atoms with E-state index >= 15 is 0 Å². The van der Waals surface area contributed by atoms with Crippen LogP contribution in [-0.4, -0.2) is 30.2 Å². The van der Waals surface area contributed by atoms with Crippen LogP contribution in [-0.2, 0) is 11.2 Å². The number of H-pyrrole nitrogens is 1. The van der Waals surface area contributed by atoms with Crippen LogP contribution >= 0.6 is 0 Å². The summed E-state index contributed by atoms with van der Waals surface area (Å²) < 4.78 is 10.2. The highest BCUT2D eigenvalue weighted by Crippen LogP contribution is 2.33. The fourth-order valence-corrected chi connectivity index (χ4v) is 2.94. The average Bonchev–Trinajstić information content (AvgIpc) is 2.89. The van der Waals surface area contributed by atoms with Crippen LogP contribution in [0.4, 0.5) is 0 Å². The first-order chi connectivity index (χ1) is 10.6. The Morgan fingerprint density at radius 1 is 1.27 bits per heavy atom. The van der Waals surface area contributed by atoms with Crippen LogP contribution in [0.3, 0.4) is 0 Å². The quantitative estimate of drug-likeness (QED) is 0.753. The Hall–Kier alpha value is -2.56. The third-order valence-electron chi connectivity index (χ3n) is 3.99. The molecule has 5 heteroatoms. The van der Waals surface area contributed by atoms with E-state index in [1.165, 1.54) is 7.11 Å². The van der Waals surface area contributed by atoms with Crippen LogP contribution < -0.4 is 4.74 Å². The number of hydrogen-bond acceptors (Lipinski definition) is 4. The molecule has 0 aliphatic rings. The number of ether oxygens (including phenoxy) is 2. The van der Waals surface area contributed by atoms with E-state index in [9.17, 15) is 4.79 Å². The number of fused-ring (bicyclic) bond motifs is 3. The first-order valence-electron chi connectivity index (χ1n) is 7.16. The molecule has 114 valence electrons. The maximum absolute atomic E-state index is 11.9. The fourth-order valence-electron chi connectivity index (χ4n) is 2.94. The number of aromatic amines is 1. The van der Waals surface area contributed by atoms with Gasteiger partial charge in [-0.3, -0.25) is 0 Å². The Labute approximate surface area is 128 Å². The van der Waals surface area contributed by atoms with Crippen molar-refractivity contribution in [2.75, 3.05) is 14.2 Å². The smallest absolute Gasteiger partial charge is 0.356 e. The van der Waals surface area contributed by atoms with Gasteiger partial charge in [-0.2, -0.15) is 0 Å². The summed E-state index contributed by atoms with van der Waals surface area (Å²) >= 11 is 0. The number of methoxy groups -OCH3 is 2. The summed E-state index contributed by atoms with van der Waals surface area (Å²) in [6.07, 6.45) is 2.38. The van der Waals surface area contributed by atoms with Crippen molar-refractivity contribution in [2.24, 2.45) is 0 Å². The third-order valence-corrected chi connectivity index (χ3v) is 3.99. The van der Waals surface area contributed by atoms with Gasteiger partial charge < -0.3 is 14.5 Å². The predicted molar refractivity (Wildman–Crippen MR) is 85.6 cm³/mol. The Kier molecular flexibility index (Phi) is 3.48. The van der Waals surface area contributed by atoms with Crippen molar-refractivity contribution in [1.29, 1.82) is 0 Å². The van der Waals surface area contributed by atoms with E-state index in [0.717, 1.165) is 38.7 Å². The first-order valence-corrected chi connectivity index (χ1v) is 7.16. The Morgan fingerprint density at radius 3 is 2.68 bits per heavy atom. The van der Waals surface area contributed by atoms with Gasteiger partial charge in [-0.25, -0.2) is 9.78 Å². The van der Waals surface area contributed by atoms with Crippen LogP contribution in [0.1, 0.15) is 28.5 Å². The highest BCUT2D eigenvalue weighted by Gasteiger charge is 2.19. The Balaban J connectivity index is 2.41. The SMILES string of the molecule is CCc1c(C(=O)OC)ncc2[nH]c3cc(OC)c(C)cc3c12. The number of nitrogens with one attached hydrogen (secondary N) is 1. The van der Waals surface area contributed by atoms with Gasteiger partial charge in [-0.05, 0) is 30.5 Å². The lowest BCUT2D eigenvalue weighted by atomic mass is 10.0. The molecule has 22 heavy (non-hydrogen) atoms. The molecule has 0 saturated carbocycles. The van der Waals surface area contributed by atoms with Crippen LogP contribution in [0.2, 0.25) is 0 Å². The molecule has 2 aromatic heterocycles. The summed E-state index contributed by atoms with van der Waals surface area (Å²) in [7, 11) is 3.03. The fraction of sp³-hybridized carbons (Fsp3) is 0.294. The summed E-state index contributed by atoms with van der Waals surface area (Å²) in [5.74, 6) is 0.427. The lowest BCUT2D eigenvalue weighted by Gasteiger charge is -2.08. The molecule has 5 nitrogen and oxygen atoms in total. The molecule has 0 radical (unpaired) electrons. The van der Waals surface area contributed by atoms with Gasteiger partial charge in [0, 0.05) is 16.8 Å². The molecule has 1 N–H and O–H groups in total. The van der Waals surface area contributed by atoms with Gasteiger partial charge in [-0.15, -0.1) is 0 Å². The molecule has 2 heterocycles. The molecule has 0 spiro atoms. The Bertz CT molecular complexity index is 881. The van der Waals surface area contributed by atoms with Gasteiger partial charge in [0.1, 0.15) is 5.75 Å². The zero-order chi connectivity index (χ0) is 15.9. The minimum atomic E-state index is -0.404. The van der Waals surface area contributed by atoms with Crippen LogP contribution in [0.25, 0.3) is 21.8 Å². The number of nitrogens with zero attached hydrogens (tertiary/aromatic N) is 1. The van der Waals surface area contributed by atoms with Crippen molar-refractivity contribution in [2.45, 2.75) is 20.3 Å². The van der Waals surface area contributed by atoms with Gasteiger partial charge in [0.15, 0.2) is 5.69 Å². The molecule has 0 bridgehead atoms. The molecule has 0 unspecified atom stereocenters. The number of aromatic nitrogens is 2. The van der Waals surface area contributed by atoms with Crippen molar-refractivity contribution < 1.29 is 14.3 Å². The topological polar surface area (TPSA) is 64.2 Å². The number of esters is 1. The van der Waals surface area contributed by atoms with E-state index in [1.807, 2.05) is 19.9 Å². The third kappa shape index (κ3) is 2.01. The van der Waals surface area contributed by atoms with Crippen LogP contribution in [0.15, 0.2) is 18.3 Å². The molecule has 0 atom stereocenters. The molecule has 3 aromatic rings. The standard InChI is InChI=1S/C17H18N2O3/c1-5-10-15-11-6-9(2)14(21-3)7-12(11)19-13(15)8-18-16(10)17(20)22-4/h6-8,19H,5H2,1-4H3. The molecular formula is C17H18N2O3. The van der Waals surface area contributed by atoms with Gasteiger partial charge in [-0.1, -0.05) is 6.92 Å². The van der Waals surface area contributed by atoms with Crippen molar-refractivity contribution >= 4 is 27.8 Å². The molecule has 0 aliphatic heterocycles. The largest absolute Gasteiger partial charge is 0.496 e. The van der Waals surface area contributed by atoms with E-state index in [1.54, 1.807) is 13.3 Å². The highest BCUT2D eigenvalue weighted by molar-refractivity contribution is 6.11. The lowest BCUT2D eigenvalue weighted by Crippen LogP contribution is -2.08. The number of benzene rings is 1. The first kappa shape index (κ1) is 14.4. The van der Waals surface area contributed by atoms with Gasteiger partial charge in [0.2, 0.25) is 0 Å². The van der Waals surface area contributed by atoms with E-state index in [4.69, 9.17) is 9.47 Å². The second-order valence-electron chi connectivity index (χ2n) is 5.21. The van der Waals surface area contributed by atoms with E-state index in [2.05, 4.69) is 16.0 Å². The van der Waals surface area contributed by atoms with Crippen LogP contribution in [0.5, 0.6) is 5.75 Å². The van der Waals surface area contributed by atoms with E-state index in [-0.39, 0.29) is 0 Å². The predicted octanol–water partition coefficient (Wildman–Crippen LogP) is 3.38. The van der Waals surface area contributed by atoms with Crippen molar-refractivity contribution in [3.8, 4) is 5.75 Å². The molecular weight excluding hydrogens is 280 g/mol. The number of pyridine rings is 1. The average molecular weight is 298 g/mol. The van der Waals surface area contributed by atoms with Gasteiger partial charge in [0.05, 0.1) is 31.4 Å². The van der Waals surface area contributed by atoms with Crippen molar-refractivity contribution in [3.63, 3.8) is 0 Å². The normalized spacial score (nSPS) is 11.1. The van der Waals surface area contributed by atoms with Crippen LogP contribution in [0, 0.1) is 6.92 Å². The molecule has 3 rings (SSSR count). The highest BCUT2D eigenvalue weighted by atomic mass is 16.5. The second kappa shape index (κ2) is 5.33. The number of carbonyl (C=O) groups excluding carboxylic acids is 1. The van der Waals surface area contributed by atoms with E-state index < -0.39 is 5.97 Å². The lowest BCUT2D eigenvalue weighted by molar-refractivity contribution is 0.0593. The summed E-state index contributed by atoms with van der Waals surface area (Å²) in [6, 6.07) is 4.05. The zero-order valence-electron chi connectivity index (χ0n) is 13.1. The maximum atomic E-state index is 11.9. The second-order valence-corrected chi connectivity index (χ2v) is 5.21. The number of hydrogen-bond donors (Lipinski definition) is 1. The van der Waals surface area contributed by atoms with Gasteiger partial charge >= 0.3 is 5.97 Å². The number of rotatable bonds is 3. The molecule has 0 saturated heterocycles.